The molecule has 0 heterocycles. The smallest absolute Gasteiger partial charge is 0.308 e. The van der Waals surface area contributed by atoms with Crippen LogP contribution in [0.2, 0.25) is 0 Å². The van der Waals surface area contributed by atoms with E-state index in [0.29, 0.717) is 16.3 Å². The van der Waals surface area contributed by atoms with Gasteiger partial charge in [-0.05, 0) is 48.5 Å². The normalized spacial score (nSPS) is 11.6. The number of anilines is 2. The van der Waals surface area contributed by atoms with Crippen molar-refractivity contribution in [2.24, 2.45) is 0 Å². The second-order valence-electron chi connectivity index (χ2n) is 6.29. The summed E-state index contributed by atoms with van der Waals surface area (Å²) >= 11 is 0. The minimum atomic E-state index is -1.73. The lowest BCUT2D eigenvalue weighted by molar-refractivity contribution is 0.262. The molecule has 0 saturated heterocycles. The molecule has 0 aliphatic heterocycles. The van der Waals surface area contributed by atoms with E-state index in [2.05, 4.69) is 15.4 Å². The van der Waals surface area contributed by atoms with E-state index in [1.807, 2.05) is 0 Å². The molecule has 0 bridgehead atoms. The molecule has 0 spiro atoms. The maximum absolute atomic E-state index is 13.6. The summed E-state index contributed by atoms with van der Waals surface area (Å²) in [4.78, 5) is 12.4. The molecule has 0 radical (unpaired) electrons. The first kappa shape index (κ1) is 22.2. The number of nitrogens with one attached hydrogen (secondary N) is 4. The molecule has 3 aromatic carbocycles. The Morgan fingerprint density at radius 2 is 1.52 bits per heavy atom. The highest BCUT2D eigenvalue weighted by Gasteiger charge is 2.11. The average Bonchev–Trinajstić information content (AvgIpc) is 2.74. The van der Waals surface area contributed by atoms with Crippen molar-refractivity contribution < 1.29 is 22.2 Å². The van der Waals surface area contributed by atoms with E-state index in [1.165, 1.54) is 48.5 Å². The van der Waals surface area contributed by atoms with E-state index in [4.69, 9.17) is 5.41 Å². The van der Waals surface area contributed by atoms with Gasteiger partial charge in [0.15, 0.2) is 0 Å². The summed E-state index contributed by atoms with van der Waals surface area (Å²) < 4.78 is 55.1. The number of hydrogen-bond acceptors (Lipinski definition) is 3. The van der Waals surface area contributed by atoms with Crippen LogP contribution in [0.4, 0.5) is 29.3 Å². The number of urea groups is 1. The van der Waals surface area contributed by atoms with Crippen molar-refractivity contribution in [3.63, 3.8) is 0 Å². The minimum absolute atomic E-state index is 0.0346. The fourth-order valence-electron chi connectivity index (χ4n) is 2.61. The number of carbonyl (C=O) groups is 1. The molecule has 31 heavy (non-hydrogen) atoms. The van der Waals surface area contributed by atoms with Crippen molar-refractivity contribution in [3.05, 3.63) is 89.5 Å². The maximum Gasteiger partial charge on any atom is 0.323 e. The molecule has 1 unspecified atom stereocenters. The van der Waals surface area contributed by atoms with Gasteiger partial charge in [-0.1, -0.05) is 18.2 Å². The summed E-state index contributed by atoms with van der Waals surface area (Å²) in [6.45, 7) is -0.261. The first-order valence-electron chi connectivity index (χ1n) is 8.94. The number of rotatable bonds is 7. The Morgan fingerprint density at radius 1 is 0.903 bits per heavy atom. The van der Waals surface area contributed by atoms with Crippen LogP contribution in [0.25, 0.3) is 0 Å². The number of amides is 2. The Morgan fingerprint density at radius 3 is 2.16 bits per heavy atom. The summed E-state index contributed by atoms with van der Waals surface area (Å²) in [6.07, 6.45) is 0. The van der Waals surface area contributed by atoms with E-state index in [9.17, 15) is 22.2 Å². The van der Waals surface area contributed by atoms with Crippen LogP contribution in [0, 0.1) is 17.0 Å². The highest BCUT2D eigenvalue weighted by molar-refractivity contribution is 7.83. The van der Waals surface area contributed by atoms with Crippen LogP contribution < -0.4 is 15.4 Å². The van der Waals surface area contributed by atoms with Crippen LogP contribution in [-0.4, -0.2) is 16.2 Å². The largest absolute Gasteiger partial charge is 0.323 e. The molecule has 10 heteroatoms. The lowest BCUT2D eigenvalue weighted by atomic mass is 10.2. The van der Waals surface area contributed by atoms with Gasteiger partial charge >= 0.3 is 6.03 Å². The number of carbonyl (C=O) groups excluding carboxylic acids is 1. The maximum atomic E-state index is 13.6. The van der Waals surface area contributed by atoms with Gasteiger partial charge in [-0.3, -0.25) is 5.41 Å². The summed E-state index contributed by atoms with van der Waals surface area (Å²) in [6, 6.07) is 14.6. The van der Waals surface area contributed by atoms with Crippen LogP contribution in [-0.2, 0) is 17.5 Å². The van der Waals surface area contributed by atoms with Gasteiger partial charge in [0, 0.05) is 29.0 Å². The average molecular weight is 446 g/mol. The molecule has 160 valence electrons. The van der Waals surface area contributed by atoms with Crippen LogP contribution in [0.3, 0.4) is 0 Å². The Balaban J connectivity index is 1.57. The Bertz CT molecular complexity index is 1120. The van der Waals surface area contributed by atoms with E-state index in [-0.39, 0.29) is 17.7 Å². The van der Waals surface area contributed by atoms with Gasteiger partial charge in [0.05, 0.1) is 4.90 Å². The highest BCUT2D eigenvalue weighted by Crippen LogP contribution is 2.16. The quantitative estimate of drug-likeness (QED) is 0.396. The van der Waals surface area contributed by atoms with Gasteiger partial charge in [0.2, 0.25) is 5.97 Å². The van der Waals surface area contributed by atoms with Crippen molar-refractivity contribution in [1.29, 1.82) is 5.41 Å². The van der Waals surface area contributed by atoms with Crippen molar-refractivity contribution in [1.82, 2.24) is 4.72 Å². The highest BCUT2D eigenvalue weighted by atomic mass is 32.2. The first-order valence-corrected chi connectivity index (χ1v) is 10.1. The summed E-state index contributed by atoms with van der Waals surface area (Å²) in [5, 5.41) is 12.1. The van der Waals surface area contributed by atoms with Crippen molar-refractivity contribution in [3.8, 4) is 0 Å². The first-order chi connectivity index (χ1) is 14.8. The van der Waals surface area contributed by atoms with Gasteiger partial charge in [0.25, 0.3) is 0 Å². The Kier molecular flexibility index (Phi) is 7.16. The molecular weight excluding hydrogens is 429 g/mol. The van der Waals surface area contributed by atoms with Crippen molar-refractivity contribution >= 4 is 34.4 Å². The van der Waals surface area contributed by atoms with E-state index >= 15 is 0 Å². The molecule has 0 saturated carbocycles. The molecule has 4 N–H and O–H groups in total. The summed E-state index contributed by atoms with van der Waals surface area (Å²) in [5.41, 5.74) is 0.526. The van der Waals surface area contributed by atoms with Gasteiger partial charge in [-0.25, -0.2) is 22.5 Å². The van der Waals surface area contributed by atoms with E-state index < -0.39 is 34.6 Å². The molecular formula is C21H17F3N4O2S. The van der Waals surface area contributed by atoms with Crippen LogP contribution in [0.1, 0.15) is 11.1 Å². The molecule has 2 amide bonds. The Hall–Kier alpha value is -3.50. The fourth-order valence-corrected chi connectivity index (χ4v) is 3.44. The molecule has 0 aliphatic rings. The second kappa shape index (κ2) is 10.0. The number of benzene rings is 3. The third-order valence-electron chi connectivity index (χ3n) is 4.14. The fraction of sp³-hybridized carbons (Fsp3) is 0.0476. The third kappa shape index (κ3) is 6.00. The van der Waals surface area contributed by atoms with Gasteiger partial charge in [-0.15, -0.1) is 0 Å². The van der Waals surface area contributed by atoms with Crippen LogP contribution >= 0.6 is 0 Å². The minimum Gasteiger partial charge on any atom is -0.308 e. The topological polar surface area (TPSA) is 94.1 Å². The van der Waals surface area contributed by atoms with E-state index in [1.54, 1.807) is 6.07 Å². The molecule has 0 aliphatic carbocycles. The van der Waals surface area contributed by atoms with Crippen molar-refractivity contribution in [2.45, 2.75) is 11.4 Å². The van der Waals surface area contributed by atoms with Gasteiger partial charge in [0.1, 0.15) is 22.6 Å². The third-order valence-corrected chi connectivity index (χ3v) is 5.25. The Labute approximate surface area is 178 Å². The predicted octanol–water partition coefficient (Wildman–Crippen LogP) is 4.72. The van der Waals surface area contributed by atoms with Crippen LogP contribution in [0.15, 0.2) is 71.6 Å². The van der Waals surface area contributed by atoms with Gasteiger partial charge in [-0.2, -0.15) is 4.39 Å². The molecule has 0 aromatic heterocycles. The SMILES string of the molecule is N=C(F)c1cccc(NC(=O)Nc2ccc(S(=O)NCc3c(F)cccc3F)cc2)c1. The van der Waals surface area contributed by atoms with Gasteiger partial charge < -0.3 is 10.6 Å². The zero-order valence-electron chi connectivity index (χ0n) is 15.9. The lowest BCUT2D eigenvalue weighted by Gasteiger charge is -2.10. The van der Waals surface area contributed by atoms with Crippen LogP contribution in [0.5, 0.6) is 0 Å². The molecule has 3 aromatic rings. The summed E-state index contributed by atoms with van der Waals surface area (Å²) in [5.74, 6) is -2.58. The predicted molar refractivity (Wildman–Crippen MR) is 113 cm³/mol. The number of halogens is 3. The number of hydrogen-bond donors (Lipinski definition) is 4. The lowest BCUT2D eigenvalue weighted by Crippen LogP contribution is -2.20. The molecule has 6 nitrogen and oxygen atoms in total. The zero-order valence-corrected chi connectivity index (χ0v) is 16.7. The molecule has 0 fully saturated rings. The van der Waals surface area contributed by atoms with E-state index in [0.717, 1.165) is 12.1 Å². The summed E-state index contributed by atoms with van der Waals surface area (Å²) in [7, 11) is -1.73. The standard InChI is InChI=1S/C21H17F3N4O2S/c22-18-5-2-6-19(23)17(18)12-26-31(30)16-9-7-14(8-10-16)27-21(29)28-15-4-1-3-13(11-15)20(24)25/h1-11,25-26H,12H2,(H2,27,28,29). The molecule has 1 atom stereocenters. The second-order valence-corrected chi connectivity index (χ2v) is 7.59. The van der Waals surface area contributed by atoms with Crippen molar-refractivity contribution in [2.75, 3.05) is 10.6 Å². The monoisotopic (exact) mass is 446 g/mol. The molecule has 3 rings (SSSR count). The zero-order chi connectivity index (χ0) is 22.4.